The first-order valence-electron chi connectivity index (χ1n) is 5.04. The van der Waals surface area contributed by atoms with Crippen LogP contribution < -0.4 is 6.15 Å². The molecule has 1 amide bonds. The van der Waals surface area contributed by atoms with Crippen molar-refractivity contribution < 1.29 is 19.4 Å². The predicted octanol–water partition coefficient (Wildman–Crippen LogP) is 1.63. The van der Waals surface area contributed by atoms with Crippen molar-refractivity contribution in [1.82, 2.24) is 11.1 Å². The van der Waals surface area contributed by atoms with Crippen LogP contribution in [0.5, 0.6) is 0 Å². The molecule has 6 nitrogen and oxygen atoms in total. The lowest BCUT2D eigenvalue weighted by Crippen LogP contribution is -2.43. The lowest BCUT2D eigenvalue weighted by atomic mass is 10.2. The molecule has 94 valence electrons. The van der Waals surface area contributed by atoms with E-state index in [4.69, 9.17) is 9.84 Å². The van der Waals surface area contributed by atoms with Crippen LogP contribution >= 0.6 is 0 Å². The largest absolute Gasteiger partial charge is 0.480 e. The fourth-order valence-corrected chi connectivity index (χ4v) is 1.56. The summed E-state index contributed by atoms with van der Waals surface area (Å²) in [6, 6.07) is -0.722. The molecule has 0 aromatic heterocycles. The average Bonchev–Trinajstić information content (AvgIpc) is 2.47. The highest BCUT2D eigenvalue weighted by Crippen LogP contribution is 2.20. The summed E-state index contributed by atoms with van der Waals surface area (Å²) in [5.74, 6) is -0.960. The van der Waals surface area contributed by atoms with Gasteiger partial charge in [-0.3, -0.25) is 4.90 Å². The molecule has 1 atom stereocenters. The van der Waals surface area contributed by atoms with Crippen molar-refractivity contribution in [3.05, 3.63) is 0 Å². The zero-order chi connectivity index (χ0) is 11.6. The number of amides is 1. The van der Waals surface area contributed by atoms with Gasteiger partial charge in [0, 0.05) is 6.54 Å². The summed E-state index contributed by atoms with van der Waals surface area (Å²) in [5, 5.41) is 8.88. The van der Waals surface area contributed by atoms with Gasteiger partial charge in [-0.25, -0.2) is 9.59 Å². The van der Waals surface area contributed by atoms with E-state index in [-0.39, 0.29) is 6.15 Å². The Hall–Kier alpha value is -1.30. The summed E-state index contributed by atoms with van der Waals surface area (Å²) in [5.41, 5.74) is -0.581. The molecule has 0 aromatic rings. The maximum Gasteiger partial charge on any atom is 0.411 e. The molecule has 0 spiro atoms. The minimum absolute atomic E-state index is 0. The van der Waals surface area contributed by atoms with Crippen LogP contribution in [0.2, 0.25) is 0 Å². The minimum Gasteiger partial charge on any atom is -0.480 e. The van der Waals surface area contributed by atoms with E-state index in [1.165, 1.54) is 4.90 Å². The number of nitrogens with zero attached hydrogens (tertiary/aromatic N) is 1. The van der Waals surface area contributed by atoms with Gasteiger partial charge in [-0.2, -0.15) is 0 Å². The summed E-state index contributed by atoms with van der Waals surface area (Å²) in [6.07, 6.45) is 0.692. The molecule has 6 heteroatoms. The zero-order valence-corrected chi connectivity index (χ0v) is 10.0. The summed E-state index contributed by atoms with van der Waals surface area (Å²) in [6.45, 7) is 5.75. The molecular weight excluding hydrogens is 212 g/mol. The van der Waals surface area contributed by atoms with Crippen molar-refractivity contribution in [2.24, 2.45) is 0 Å². The fraction of sp³-hybridized carbons (Fsp3) is 0.800. The van der Waals surface area contributed by atoms with Crippen molar-refractivity contribution in [3.8, 4) is 0 Å². The highest BCUT2D eigenvalue weighted by atomic mass is 16.6. The average molecular weight is 232 g/mol. The van der Waals surface area contributed by atoms with Crippen LogP contribution in [0.1, 0.15) is 33.6 Å². The third-order valence-electron chi connectivity index (χ3n) is 2.17. The first kappa shape index (κ1) is 14.7. The van der Waals surface area contributed by atoms with Crippen LogP contribution in [0.4, 0.5) is 4.79 Å². The molecule has 1 rings (SSSR count). The maximum atomic E-state index is 11.6. The third-order valence-corrected chi connectivity index (χ3v) is 2.17. The number of aliphatic carboxylic acids is 1. The smallest absolute Gasteiger partial charge is 0.411 e. The maximum absolute atomic E-state index is 11.6. The van der Waals surface area contributed by atoms with E-state index in [2.05, 4.69) is 0 Å². The Bertz CT molecular complexity index is 272. The summed E-state index contributed by atoms with van der Waals surface area (Å²) >= 11 is 0. The second-order valence-electron chi connectivity index (χ2n) is 4.67. The number of carboxylic acid groups (broad SMARTS) is 1. The lowest BCUT2D eigenvalue weighted by molar-refractivity contribution is -0.142. The molecule has 0 radical (unpaired) electrons. The molecule has 1 aliphatic rings. The normalized spacial score (nSPS) is 20.2. The van der Waals surface area contributed by atoms with E-state index in [9.17, 15) is 9.59 Å². The second kappa shape index (κ2) is 5.16. The van der Waals surface area contributed by atoms with Crippen LogP contribution in [0.25, 0.3) is 0 Å². The third kappa shape index (κ3) is 3.69. The number of hydrogen-bond donors (Lipinski definition) is 2. The first-order chi connectivity index (χ1) is 6.81. The number of rotatable bonds is 1. The number of hydrogen-bond acceptors (Lipinski definition) is 4. The minimum atomic E-state index is -0.960. The van der Waals surface area contributed by atoms with E-state index < -0.39 is 23.7 Å². The van der Waals surface area contributed by atoms with Gasteiger partial charge >= 0.3 is 12.1 Å². The van der Waals surface area contributed by atoms with Gasteiger partial charge < -0.3 is 16.0 Å². The Morgan fingerprint density at radius 2 is 1.94 bits per heavy atom. The number of carbonyl (C=O) groups is 2. The van der Waals surface area contributed by atoms with E-state index in [1.807, 2.05) is 0 Å². The van der Waals surface area contributed by atoms with Crippen molar-refractivity contribution in [2.75, 3.05) is 6.54 Å². The van der Waals surface area contributed by atoms with Crippen molar-refractivity contribution in [3.63, 3.8) is 0 Å². The lowest BCUT2D eigenvalue weighted by Gasteiger charge is -2.26. The van der Waals surface area contributed by atoms with Gasteiger partial charge in [0.15, 0.2) is 0 Å². The molecule has 0 aromatic carbocycles. The molecule has 4 N–H and O–H groups in total. The van der Waals surface area contributed by atoms with Gasteiger partial charge in [-0.05, 0) is 33.6 Å². The molecule has 0 aliphatic carbocycles. The van der Waals surface area contributed by atoms with Crippen LogP contribution in [-0.2, 0) is 9.53 Å². The Kier molecular flexibility index (Phi) is 4.74. The van der Waals surface area contributed by atoms with E-state index >= 15 is 0 Å². The second-order valence-corrected chi connectivity index (χ2v) is 4.67. The number of carboxylic acids is 1. The molecule has 0 bridgehead atoms. The zero-order valence-electron chi connectivity index (χ0n) is 10.0. The summed E-state index contributed by atoms with van der Waals surface area (Å²) in [4.78, 5) is 23.7. The molecular formula is C10H20N2O4. The number of likely N-dealkylation sites (tertiary alicyclic amines) is 1. The quantitative estimate of drug-likeness (QED) is 0.715. The molecule has 1 fully saturated rings. The van der Waals surface area contributed by atoms with Crippen LogP contribution in [0.3, 0.4) is 0 Å². The monoisotopic (exact) mass is 232 g/mol. The molecule has 1 aliphatic heterocycles. The molecule has 0 saturated carbocycles. The highest BCUT2D eigenvalue weighted by molar-refractivity contribution is 5.80. The van der Waals surface area contributed by atoms with Gasteiger partial charge in [0.1, 0.15) is 11.6 Å². The number of ether oxygens (including phenoxy) is 1. The standard InChI is InChI=1S/C10H17NO4.H3N/c1-10(2,3)15-9(14)11-6-4-5-7(11)8(12)13;/h7H,4-6H2,1-3H3,(H,12,13);1H3/t7-;/m0./s1. The highest BCUT2D eigenvalue weighted by Gasteiger charge is 2.36. The van der Waals surface area contributed by atoms with Crippen molar-refractivity contribution in [2.45, 2.75) is 45.3 Å². The van der Waals surface area contributed by atoms with Gasteiger partial charge in [0.2, 0.25) is 0 Å². The summed E-state index contributed by atoms with van der Waals surface area (Å²) < 4.78 is 5.13. The molecule has 16 heavy (non-hydrogen) atoms. The van der Waals surface area contributed by atoms with Crippen LogP contribution in [-0.4, -0.2) is 40.3 Å². The Morgan fingerprint density at radius 3 is 2.38 bits per heavy atom. The first-order valence-corrected chi connectivity index (χ1v) is 5.04. The van der Waals surface area contributed by atoms with Gasteiger partial charge in [-0.15, -0.1) is 0 Å². The Labute approximate surface area is 95.1 Å². The van der Waals surface area contributed by atoms with Crippen LogP contribution in [0, 0.1) is 0 Å². The van der Waals surface area contributed by atoms with E-state index in [1.54, 1.807) is 20.8 Å². The van der Waals surface area contributed by atoms with E-state index in [0.717, 1.165) is 6.42 Å². The van der Waals surface area contributed by atoms with Crippen molar-refractivity contribution >= 4 is 12.1 Å². The Balaban J connectivity index is 0.00000225. The molecule has 1 saturated heterocycles. The topological polar surface area (TPSA) is 102 Å². The summed E-state index contributed by atoms with van der Waals surface area (Å²) in [7, 11) is 0. The Morgan fingerprint density at radius 1 is 1.38 bits per heavy atom. The fourth-order valence-electron chi connectivity index (χ4n) is 1.56. The van der Waals surface area contributed by atoms with Crippen LogP contribution in [0.15, 0.2) is 0 Å². The SMILES string of the molecule is CC(C)(C)OC(=O)N1CCC[C@H]1C(=O)O.N. The van der Waals surface area contributed by atoms with Gasteiger partial charge in [0.05, 0.1) is 0 Å². The van der Waals surface area contributed by atoms with Gasteiger partial charge in [0.25, 0.3) is 0 Å². The van der Waals surface area contributed by atoms with E-state index in [0.29, 0.717) is 13.0 Å². The number of carbonyl (C=O) groups excluding carboxylic acids is 1. The van der Waals surface area contributed by atoms with Crippen molar-refractivity contribution in [1.29, 1.82) is 0 Å². The molecule has 1 heterocycles. The van der Waals surface area contributed by atoms with Gasteiger partial charge in [-0.1, -0.05) is 0 Å². The molecule has 0 unspecified atom stereocenters. The predicted molar refractivity (Wildman–Crippen MR) is 58.6 cm³/mol.